The average molecular weight is 289 g/mol. The molecular formula is C16H16FNO3. The summed E-state index contributed by atoms with van der Waals surface area (Å²) in [7, 11) is 3.10. The number of amides is 1. The summed E-state index contributed by atoms with van der Waals surface area (Å²) in [5.41, 5.74) is 0.966. The van der Waals surface area contributed by atoms with Crippen LogP contribution in [0.25, 0.3) is 0 Å². The van der Waals surface area contributed by atoms with Crippen LogP contribution in [0.5, 0.6) is 11.5 Å². The van der Waals surface area contributed by atoms with Gasteiger partial charge in [-0.2, -0.15) is 0 Å². The minimum Gasteiger partial charge on any atom is -0.507 e. The number of methoxy groups -OCH3 is 1. The van der Waals surface area contributed by atoms with E-state index in [1.54, 1.807) is 25.2 Å². The molecule has 4 nitrogen and oxygen atoms in total. The van der Waals surface area contributed by atoms with Crippen molar-refractivity contribution in [3.05, 3.63) is 59.4 Å². The minimum atomic E-state index is -0.337. The maximum Gasteiger partial charge on any atom is 0.257 e. The zero-order chi connectivity index (χ0) is 15.4. The normalized spacial score (nSPS) is 10.2. The van der Waals surface area contributed by atoms with Crippen LogP contribution in [0.15, 0.2) is 42.5 Å². The van der Waals surface area contributed by atoms with Crippen molar-refractivity contribution in [2.24, 2.45) is 0 Å². The zero-order valence-corrected chi connectivity index (χ0v) is 11.8. The molecule has 0 saturated heterocycles. The van der Waals surface area contributed by atoms with Crippen LogP contribution >= 0.6 is 0 Å². The molecule has 0 radical (unpaired) electrons. The van der Waals surface area contributed by atoms with E-state index in [4.69, 9.17) is 4.74 Å². The fourth-order valence-electron chi connectivity index (χ4n) is 1.95. The number of halogens is 1. The number of phenolic OH excluding ortho intramolecular Hbond substituents is 1. The molecule has 0 fully saturated rings. The highest BCUT2D eigenvalue weighted by Crippen LogP contribution is 2.24. The van der Waals surface area contributed by atoms with Gasteiger partial charge >= 0.3 is 0 Å². The molecule has 0 aromatic heterocycles. The van der Waals surface area contributed by atoms with Gasteiger partial charge in [-0.1, -0.05) is 12.1 Å². The molecule has 1 amide bonds. The zero-order valence-electron chi connectivity index (χ0n) is 11.8. The third kappa shape index (κ3) is 3.51. The van der Waals surface area contributed by atoms with Crippen molar-refractivity contribution in [1.29, 1.82) is 0 Å². The van der Waals surface area contributed by atoms with Crippen LogP contribution in [0, 0.1) is 5.82 Å². The van der Waals surface area contributed by atoms with Crippen molar-refractivity contribution < 1.29 is 19.0 Å². The number of carbonyl (C=O) groups is 1. The van der Waals surface area contributed by atoms with Crippen molar-refractivity contribution in [3.63, 3.8) is 0 Å². The van der Waals surface area contributed by atoms with Crippen molar-refractivity contribution in [3.8, 4) is 11.5 Å². The highest BCUT2D eigenvalue weighted by Gasteiger charge is 2.17. The summed E-state index contributed by atoms with van der Waals surface area (Å²) in [6, 6.07) is 10.4. The minimum absolute atomic E-state index is 0.105. The standard InChI is InChI=1S/C16H16FNO3/c1-18(10-11-3-5-12(17)6-4-11)16(20)14-9-13(21-2)7-8-15(14)19/h3-9,19H,10H2,1-2H3. The number of aromatic hydroxyl groups is 1. The van der Waals surface area contributed by atoms with Crippen LogP contribution in [-0.4, -0.2) is 30.1 Å². The lowest BCUT2D eigenvalue weighted by Crippen LogP contribution is -2.26. The fourth-order valence-corrected chi connectivity index (χ4v) is 1.95. The first kappa shape index (κ1) is 14.8. The van der Waals surface area contributed by atoms with Gasteiger partial charge in [0, 0.05) is 13.6 Å². The van der Waals surface area contributed by atoms with Gasteiger partial charge < -0.3 is 14.7 Å². The van der Waals surface area contributed by atoms with Gasteiger partial charge in [-0.25, -0.2) is 4.39 Å². The summed E-state index contributed by atoms with van der Waals surface area (Å²) >= 11 is 0. The summed E-state index contributed by atoms with van der Waals surface area (Å²) < 4.78 is 17.9. The fraction of sp³-hybridized carbons (Fsp3) is 0.188. The molecule has 1 N–H and O–H groups in total. The predicted molar refractivity (Wildman–Crippen MR) is 76.9 cm³/mol. The number of rotatable bonds is 4. The molecule has 21 heavy (non-hydrogen) atoms. The highest BCUT2D eigenvalue weighted by atomic mass is 19.1. The van der Waals surface area contributed by atoms with E-state index in [1.165, 1.54) is 36.3 Å². The smallest absolute Gasteiger partial charge is 0.257 e. The number of hydrogen-bond acceptors (Lipinski definition) is 3. The Balaban J connectivity index is 2.17. The molecular weight excluding hydrogens is 273 g/mol. The van der Waals surface area contributed by atoms with E-state index in [1.807, 2.05) is 0 Å². The van der Waals surface area contributed by atoms with E-state index in [0.717, 1.165) is 5.56 Å². The first-order chi connectivity index (χ1) is 10.0. The molecule has 0 unspecified atom stereocenters. The van der Waals surface area contributed by atoms with Crippen LogP contribution in [0.2, 0.25) is 0 Å². The number of benzene rings is 2. The molecule has 0 atom stereocenters. The lowest BCUT2D eigenvalue weighted by molar-refractivity contribution is 0.0781. The number of phenols is 1. The Morgan fingerprint density at radius 2 is 1.90 bits per heavy atom. The Hall–Kier alpha value is -2.56. The van der Waals surface area contributed by atoms with Crippen molar-refractivity contribution in [1.82, 2.24) is 4.90 Å². The number of carbonyl (C=O) groups excluding carboxylic acids is 1. The predicted octanol–water partition coefficient (Wildman–Crippen LogP) is 2.81. The Morgan fingerprint density at radius 3 is 2.52 bits per heavy atom. The van der Waals surface area contributed by atoms with E-state index >= 15 is 0 Å². The quantitative estimate of drug-likeness (QED) is 0.941. The lowest BCUT2D eigenvalue weighted by atomic mass is 10.1. The van der Waals surface area contributed by atoms with E-state index in [2.05, 4.69) is 0 Å². The maximum atomic E-state index is 12.9. The first-order valence-corrected chi connectivity index (χ1v) is 6.38. The van der Waals surface area contributed by atoms with Gasteiger partial charge in [0.2, 0.25) is 0 Å². The summed E-state index contributed by atoms with van der Waals surface area (Å²) in [6.07, 6.45) is 0. The largest absolute Gasteiger partial charge is 0.507 e. The molecule has 2 aromatic carbocycles. The highest BCUT2D eigenvalue weighted by molar-refractivity contribution is 5.97. The number of nitrogens with zero attached hydrogens (tertiary/aromatic N) is 1. The van der Waals surface area contributed by atoms with E-state index in [9.17, 15) is 14.3 Å². The van der Waals surface area contributed by atoms with Gasteiger partial charge in [0.25, 0.3) is 5.91 Å². The summed E-state index contributed by atoms with van der Waals surface area (Å²) in [6.45, 7) is 0.315. The van der Waals surface area contributed by atoms with Crippen LogP contribution < -0.4 is 4.74 Å². The van der Waals surface area contributed by atoms with Crippen molar-refractivity contribution >= 4 is 5.91 Å². The third-order valence-electron chi connectivity index (χ3n) is 3.11. The molecule has 0 aliphatic rings. The van der Waals surface area contributed by atoms with E-state index in [0.29, 0.717) is 12.3 Å². The van der Waals surface area contributed by atoms with Gasteiger partial charge in [0.15, 0.2) is 0 Å². The molecule has 0 aliphatic heterocycles. The van der Waals surface area contributed by atoms with E-state index in [-0.39, 0.29) is 23.0 Å². The molecule has 2 aromatic rings. The lowest BCUT2D eigenvalue weighted by Gasteiger charge is -2.18. The van der Waals surface area contributed by atoms with Crippen LogP contribution in [0.3, 0.4) is 0 Å². The van der Waals surface area contributed by atoms with Gasteiger partial charge in [-0.3, -0.25) is 4.79 Å². The topological polar surface area (TPSA) is 49.8 Å². The SMILES string of the molecule is COc1ccc(O)c(C(=O)N(C)Cc2ccc(F)cc2)c1. The van der Waals surface area contributed by atoms with Gasteiger partial charge in [-0.15, -0.1) is 0 Å². The second-order valence-electron chi connectivity index (χ2n) is 4.67. The molecule has 0 spiro atoms. The first-order valence-electron chi connectivity index (χ1n) is 6.38. The maximum absolute atomic E-state index is 12.9. The van der Waals surface area contributed by atoms with Gasteiger partial charge in [0.1, 0.15) is 17.3 Å². The number of ether oxygens (including phenoxy) is 1. The second kappa shape index (κ2) is 6.26. The van der Waals surface area contributed by atoms with Crippen molar-refractivity contribution in [2.75, 3.05) is 14.2 Å². The van der Waals surface area contributed by atoms with Gasteiger partial charge in [-0.05, 0) is 35.9 Å². The second-order valence-corrected chi connectivity index (χ2v) is 4.67. The van der Waals surface area contributed by atoms with Crippen LogP contribution in [-0.2, 0) is 6.54 Å². The summed E-state index contributed by atoms with van der Waals surface area (Å²) in [5, 5.41) is 9.80. The molecule has 2 rings (SSSR count). The Kier molecular flexibility index (Phi) is 4.42. The average Bonchev–Trinajstić information content (AvgIpc) is 2.49. The monoisotopic (exact) mass is 289 g/mol. The Bertz CT molecular complexity index is 640. The third-order valence-corrected chi connectivity index (χ3v) is 3.11. The van der Waals surface area contributed by atoms with Crippen LogP contribution in [0.4, 0.5) is 4.39 Å². The summed E-state index contributed by atoms with van der Waals surface area (Å²) in [5.74, 6) is -0.271. The Morgan fingerprint density at radius 1 is 1.24 bits per heavy atom. The molecule has 0 bridgehead atoms. The molecule has 110 valence electrons. The molecule has 0 saturated carbocycles. The summed E-state index contributed by atoms with van der Waals surface area (Å²) in [4.78, 5) is 13.8. The molecule has 0 heterocycles. The molecule has 5 heteroatoms. The number of hydrogen-bond donors (Lipinski definition) is 1. The molecule has 0 aliphatic carbocycles. The Labute approximate surface area is 122 Å². The van der Waals surface area contributed by atoms with Gasteiger partial charge in [0.05, 0.1) is 12.7 Å². The van der Waals surface area contributed by atoms with Crippen molar-refractivity contribution in [2.45, 2.75) is 6.54 Å². The van der Waals surface area contributed by atoms with Crippen LogP contribution in [0.1, 0.15) is 15.9 Å². The van der Waals surface area contributed by atoms with E-state index < -0.39 is 0 Å².